The van der Waals surface area contributed by atoms with E-state index in [0.717, 1.165) is 15.6 Å². The average molecular weight is 292 g/mol. The van der Waals surface area contributed by atoms with Crippen LogP contribution in [0.5, 0.6) is 0 Å². The van der Waals surface area contributed by atoms with Gasteiger partial charge in [0.25, 0.3) is 5.69 Å². The van der Waals surface area contributed by atoms with Crippen molar-refractivity contribution < 1.29 is 4.92 Å². The van der Waals surface area contributed by atoms with Crippen molar-refractivity contribution in [3.8, 4) is 0 Å². The molecule has 0 amide bonds. The Balaban J connectivity index is 2.21. The highest BCUT2D eigenvalue weighted by molar-refractivity contribution is 9.10. The Morgan fingerprint density at radius 1 is 1.06 bits per heavy atom. The first kappa shape index (κ1) is 11.8. The normalized spacial score (nSPS) is 10.2. The number of halogens is 1. The summed E-state index contributed by atoms with van der Waals surface area (Å²) in [5.41, 5.74) is 2.22. The molecule has 0 saturated heterocycles. The van der Waals surface area contributed by atoms with E-state index in [1.165, 1.54) is 6.07 Å². The van der Waals surface area contributed by atoms with Crippen molar-refractivity contribution >= 4 is 21.6 Å². The van der Waals surface area contributed by atoms with Crippen molar-refractivity contribution in [1.29, 1.82) is 0 Å². The van der Waals surface area contributed by atoms with E-state index >= 15 is 0 Å². The van der Waals surface area contributed by atoms with E-state index in [2.05, 4.69) is 15.9 Å². The minimum atomic E-state index is -0.370. The second-order valence-corrected chi connectivity index (χ2v) is 4.65. The molecule has 2 aromatic rings. The van der Waals surface area contributed by atoms with Crippen LogP contribution in [0.3, 0.4) is 0 Å². The zero-order valence-corrected chi connectivity index (χ0v) is 10.6. The molecule has 3 nitrogen and oxygen atoms in total. The molecule has 0 heterocycles. The SMILES string of the molecule is O=[N+]([O-])c1cccc(Cc2ccc(Br)cc2)c1. The van der Waals surface area contributed by atoms with Crippen LogP contribution in [0.2, 0.25) is 0 Å². The number of hydrogen-bond acceptors (Lipinski definition) is 2. The molecule has 4 heteroatoms. The maximum atomic E-state index is 10.6. The quantitative estimate of drug-likeness (QED) is 0.635. The minimum absolute atomic E-state index is 0.139. The van der Waals surface area contributed by atoms with Crippen molar-refractivity contribution in [3.05, 3.63) is 74.2 Å². The second kappa shape index (κ2) is 5.10. The summed E-state index contributed by atoms with van der Waals surface area (Å²) in [7, 11) is 0. The molecule has 17 heavy (non-hydrogen) atoms. The third-order valence-electron chi connectivity index (χ3n) is 2.44. The summed E-state index contributed by atoms with van der Waals surface area (Å²) in [6, 6.07) is 14.7. The second-order valence-electron chi connectivity index (χ2n) is 3.73. The summed E-state index contributed by atoms with van der Waals surface area (Å²) < 4.78 is 1.03. The van der Waals surface area contributed by atoms with Crippen molar-refractivity contribution in [2.45, 2.75) is 6.42 Å². The van der Waals surface area contributed by atoms with Crippen LogP contribution in [0.15, 0.2) is 53.0 Å². The number of nitro groups is 1. The lowest BCUT2D eigenvalue weighted by Crippen LogP contribution is -1.91. The Hall–Kier alpha value is -1.68. The molecule has 0 spiro atoms. The molecule has 0 N–H and O–H groups in total. The monoisotopic (exact) mass is 291 g/mol. The van der Waals surface area contributed by atoms with Crippen LogP contribution in [0.1, 0.15) is 11.1 Å². The number of non-ortho nitro benzene ring substituents is 1. The minimum Gasteiger partial charge on any atom is -0.258 e. The van der Waals surface area contributed by atoms with E-state index in [4.69, 9.17) is 0 Å². The highest BCUT2D eigenvalue weighted by Gasteiger charge is 2.05. The van der Waals surface area contributed by atoms with Crippen LogP contribution < -0.4 is 0 Å². The van der Waals surface area contributed by atoms with Gasteiger partial charge in [-0.25, -0.2) is 0 Å². The fourth-order valence-electron chi connectivity index (χ4n) is 1.62. The van der Waals surface area contributed by atoms with Gasteiger partial charge in [0.2, 0.25) is 0 Å². The Kier molecular flexibility index (Phi) is 3.54. The number of nitro benzene ring substituents is 1. The van der Waals surface area contributed by atoms with Crippen LogP contribution in [0.25, 0.3) is 0 Å². The molecule has 0 aliphatic rings. The van der Waals surface area contributed by atoms with Crippen LogP contribution in [0.4, 0.5) is 5.69 Å². The summed E-state index contributed by atoms with van der Waals surface area (Å²) in [5, 5.41) is 10.6. The fraction of sp³-hybridized carbons (Fsp3) is 0.0769. The molecule has 86 valence electrons. The predicted octanol–water partition coefficient (Wildman–Crippen LogP) is 3.95. The van der Waals surface area contributed by atoms with Crippen molar-refractivity contribution in [1.82, 2.24) is 0 Å². The maximum Gasteiger partial charge on any atom is 0.269 e. The summed E-state index contributed by atoms with van der Waals surface area (Å²) in [6.45, 7) is 0. The van der Waals surface area contributed by atoms with E-state index in [9.17, 15) is 10.1 Å². The number of hydrogen-bond donors (Lipinski definition) is 0. The van der Waals surface area contributed by atoms with Crippen LogP contribution in [0, 0.1) is 10.1 Å². The summed E-state index contributed by atoms with van der Waals surface area (Å²) in [6.07, 6.45) is 0.703. The standard InChI is InChI=1S/C13H10BrNO2/c14-12-6-4-10(5-7-12)8-11-2-1-3-13(9-11)15(16)17/h1-7,9H,8H2. The topological polar surface area (TPSA) is 43.1 Å². The molecule has 0 bridgehead atoms. The first-order valence-electron chi connectivity index (χ1n) is 5.13. The largest absolute Gasteiger partial charge is 0.269 e. The van der Waals surface area contributed by atoms with Gasteiger partial charge < -0.3 is 0 Å². The van der Waals surface area contributed by atoms with Crippen molar-refractivity contribution in [2.24, 2.45) is 0 Å². The van der Waals surface area contributed by atoms with Gasteiger partial charge in [-0.2, -0.15) is 0 Å². The maximum absolute atomic E-state index is 10.6. The van der Waals surface area contributed by atoms with Gasteiger partial charge in [0.15, 0.2) is 0 Å². The van der Waals surface area contributed by atoms with Gasteiger partial charge in [-0.1, -0.05) is 40.2 Å². The Morgan fingerprint density at radius 3 is 2.41 bits per heavy atom. The third kappa shape index (κ3) is 3.14. The third-order valence-corrected chi connectivity index (χ3v) is 2.97. The first-order chi connectivity index (χ1) is 8.15. The molecular weight excluding hydrogens is 282 g/mol. The van der Waals surface area contributed by atoms with Gasteiger partial charge in [0.1, 0.15) is 0 Å². The highest BCUT2D eigenvalue weighted by Crippen LogP contribution is 2.17. The van der Waals surface area contributed by atoms with Gasteiger partial charge in [-0.3, -0.25) is 10.1 Å². The zero-order chi connectivity index (χ0) is 12.3. The van der Waals surface area contributed by atoms with Crippen molar-refractivity contribution in [3.63, 3.8) is 0 Å². The van der Waals surface area contributed by atoms with Crippen LogP contribution in [-0.4, -0.2) is 4.92 Å². The lowest BCUT2D eigenvalue weighted by Gasteiger charge is -2.02. The van der Waals surface area contributed by atoms with Gasteiger partial charge in [-0.05, 0) is 29.7 Å². The number of rotatable bonds is 3. The molecule has 2 rings (SSSR count). The zero-order valence-electron chi connectivity index (χ0n) is 8.97. The van der Waals surface area contributed by atoms with Crippen LogP contribution >= 0.6 is 15.9 Å². The number of benzene rings is 2. The molecular formula is C13H10BrNO2. The molecule has 0 saturated carbocycles. The van der Waals surface area contributed by atoms with Gasteiger partial charge in [0.05, 0.1) is 4.92 Å². The smallest absolute Gasteiger partial charge is 0.258 e. The lowest BCUT2D eigenvalue weighted by atomic mass is 10.0. The summed E-state index contributed by atoms with van der Waals surface area (Å²) in [4.78, 5) is 10.3. The van der Waals surface area contributed by atoms with Gasteiger partial charge in [-0.15, -0.1) is 0 Å². The molecule has 0 radical (unpaired) electrons. The van der Waals surface area contributed by atoms with E-state index in [-0.39, 0.29) is 10.6 Å². The van der Waals surface area contributed by atoms with Gasteiger partial charge >= 0.3 is 0 Å². The average Bonchev–Trinajstić information content (AvgIpc) is 2.32. The van der Waals surface area contributed by atoms with E-state index in [0.29, 0.717) is 6.42 Å². The predicted molar refractivity (Wildman–Crippen MR) is 70.0 cm³/mol. The summed E-state index contributed by atoms with van der Waals surface area (Å²) in [5.74, 6) is 0. The Bertz CT molecular complexity index is 537. The van der Waals surface area contributed by atoms with E-state index in [1.807, 2.05) is 30.3 Å². The molecule has 0 fully saturated rings. The fourth-order valence-corrected chi connectivity index (χ4v) is 1.88. The molecule has 0 aliphatic heterocycles. The van der Waals surface area contributed by atoms with Gasteiger partial charge in [0, 0.05) is 16.6 Å². The molecule has 0 unspecified atom stereocenters. The van der Waals surface area contributed by atoms with Crippen molar-refractivity contribution in [2.75, 3.05) is 0 Å². The number of nitrogens with zero attached hydrogens (tertiary/aromatic N) is 1. The Labute approximate surface area is 107 Å². The van der Waals surface area contributed by atoms with E-state index < -0.39 is 0 Å². The Morgan fingerprint density at radius 2 is 1.76 bits per heavy atom. The highest BCUT2D eigenvalue weighted by atomic mass is 79.9. The molecule has 2 aromatic carbocycles. The van der Waals surface area contributed by atoms with E-state index in [1.54, 1.807) is 12.1 Å². The lowest BCUT2D eigenvalue weighted by molar-refractivity contribution is -0.384. The van der Waals surface area contributed by atoms with Crippen LogP contribution in [-0.2, 0) is 6.42 Å². The first-order valence-corrected chi connectivity index (χ1v) is 5.92. The molecule has 0 atom stereocenters. The molecule has 0 aromatic heterocycles. The summed E-state index contributed by atoms with van der Waals surface area (Å²) >= 11 is 3.37. The molecule has 0 aliphatic carbocycles.